The van der Waals surface area contributed by atoms with Crippen molar-refractivity contribution >= 4 is 22.6 Å². The molecule has 1 atom stereocenters. The Labute approximate surface area is 139 Å². The second kappa shape index (κ2) is 6.52. The summed E-state index contributed by atoms with van der Waals surface area (Å²) in [6.45, 7) is 2.40. The first-order chi connectivity index (χ1) is 11.6. The molecule has 24 heavy (non-hydrogen) atoms. The minimum atomic E-state index is -0.271. The predicted octanol–water partition coefficient (Wildman–Crippen LogP) is 2.75. The molecule has 0 fully saturated rings. The van der Waals surface area contributed by atoms with E-state index in [0.717, 1.165) is 10.9 Å². The van der Waals surface area contributed by atoms with Gasteiger partial charge in [0.1, 0.15) is 5.65 Å². The highest BCUT2D eigenvalue weighted by atomic mass is 16.1. The third-order valence-electron chi connectivity index (χ3n) is 4.03. The third kappa shape index (κ3) is 2.85. The van der Waals surface area contributed by atoms with Crippen LogP contribution in [0.25, 0.3) is 11.0 Å². The monoisotopic (exact) mass is 319 g/mol. The fraction of sp³-hybridized carbons (Fsp3) is 0.167. The second-order valence-corrected chi connectivity index (χ2v) is 5.60. The van der Waals surface area contributed by atoms with Gasteiger partial charge in [0.2, 0.25) is 0 Å². The zero-order chi connectivity index (χ0) is 17.1. The zero-order valence-electron chi connectivity index (χ0n) is 13.2. The molecule has 4 N–H and O–H groups in total. The smallest absolute Gasteiger partial charge is 0.255 e. The Hall–Kier alpha value is -3.17. The first kappa shape index (κ1) is 15.7. The van der Waals surface area contributed by atoms with E-state index in [1.165, 1.54) is 0 Å². The Kier molecular flexibility index (Phi) is 4.27. The van der Waals surface area contributed by atoms with Gasteiger partial charge in [0.15, 0.2) is 0 Å². The van der Waals surface area contributed by atoms with Crippen molar-refractivity contribution in [3.05, 3.63) is 59.4 Å². The number of fused-ring (bicyclic) bond motifs is 1. The molecule has 1 aromatic carbocycles. The molecule has 0 saturated heterocycles. The average molecular weight is 319 g/mol. The molecule has 0 aliphatic rings. The van der Waals surface area contributed by atoms with Crippen LogP contribution in [0.1, 0.15) is 34.3 Å². The number of carbonyl (C=O) groups excluding carboxylic acids is 1. The molecule has 6 heteroatoms. The molecule has 2 aromatic heterocycles. The summed E-state index contributed by atoms with van der Waals surface area (Å²) in [7, 11) is 0. The number of aromatic nitrogens is 2. The molecule has 1 unspecified atom stereocenters. The topological polar surface area (TPSA) is 108 Å². The largest absolute Gasteiger partial charge is 0.346 e. The van der Waals surface area contributed by atoms with Gasteiger partial charge in [-0.15, -0.1) is 0 Å². The number of benzene rings is 1. The molecule has 0 radical (unpaired) electrons. The van der Waals surface area contributed by atoms with Crippen LogP contribution >= 0.6 is 0 Å². The molecule has 6 nitrogen and oxygen atoms in total. The first-order valence-electron chi connectivity index (χ1n) is 7.61. The Morgan fingerprint density at radius 3 is 3.00 bits per heavy atom. The molecule has 0 saturated carbocycles. The lowest BCUT2D eigenvalue weighted by Gasteiger charge is -2.12. The van der Waals surface area contributed by atoms with Crippen LogP contribution in [0, 0.1) is 11.3 Å². The number of H-pyrrole nitrogens is 1. The van der Waals surface area contributed by atoms with Gasteiger partial charge in [-0.2, -0.15) is 5.26 Å². The van der Waals surface area contributed by atoms with Gasteiger partial charge in [0, 0.05) is 23.3 Å². The molecule has 2 heterocycles. The number of carbonyl (C=O) groups is 1. The van der Waals surface area contributed by atoms with Crippen LogP contribution < -0.4 is 11.1 Å². The summed E-state index contributed by atoms with van der Waals surface area (Å²) in [4.78, 5) is 19.7. The minimum Gasteiger partial charge on any atom is -0.346 e. The van der Waals surface area contributed by atoms with Crippen LogP contribution in [-0.2, 0) is 0 Å². The van der Waals surface area contributed by atoms with Gasteiger partial charge in [0.05, 0.1) is 17.3 Å². The maximum absolute atomic E-state index is 12.5. The van der Waals surface area contributed by atoms with Crippen molar-refractivity contribution in [1.29, 1.82) is 5.26 Å². The van der Waals surface area contributed by atoms with E-state index in [1.807, 2.05) is 13.0 Å². The van der Waals surface area contributed by atoms with Gasteiger partial charge in [-0.25, -0.2) is 4.98 Å². The highest BCUT2D eigenvalue weighted by Gasteiger charge is 2.14. The van der Waals surface area contributed by atoms with Gasteiger partial charge in [-0.05, 0) is 42.3 Å². The lowest BCUT2D eigenvalue weighted by atomic mass is 9.94. The van der Waals surface area contributed by atoms with Crippen LogP contribution in [0.2, 0.25) is 0 Å². The van der Waals surface area contributed by atoms with E-state index in [4.69, 9.17) is 5.73 Å². The Balaban J connectivity index is 1.90. The van der Waals surface area contributed by atoms with E-state index < -0.39 is 0 Å². The van der Waals surface area contributed by atoms with Crippen LogP contribution in [0.5, 0.6) is 0 Å². The quantitative estimate of drug-likeness (QED) is 0.687. The standard InChI is InChI=1S/C18H17N5O/c1-11(9-19)14-3-2-12(8-13(14)10-20)18(24)23-16-5-7-22-17-15(16)4-6-21-17/h2-8,11H,9,19H2,1H3,(H2,21,22,23,24). The molecule has 3 rings (SSSR count). The van der Waals surface area contributed by atoms with E-state index in [9.17, 15) is 10.1 Å². The number of nitriles is 1. The number of amides is 1. The van der Waals surface area contributed by atoms with Crippen molar-refractivity contribution < 1.29 is 4.79 Å². The maximum atomic E-state index is 12.5. The van der Waals surface area contributed by atoms with Crippen LogP contribution in [0.15, 0.2) is 42.7 Å². The van der Waals surface area contributed by atoms with Crippen molar-refractivity contribution in [3.63, 3.8) is 0 Å². The normalized spacial score (nSPS) is 11.9. The minimum absolute atomic E-state index is 0.0661. The fourth-order valence-corrected chi connectivity index (χ4v) is 2.62. The van der Waals surface area contributed by atoms with Gasteiger partial charge < -0.3 is 16.0 Å². The number of nitrogens with zero attached hydrogens (tertiary/aromatic N) is 2. The molecule has 1 amide bonds. The SMILES string of the molecule is CC(CN)c1ccc(C(=O)Nc2ccnc3[nH]ccc23)cc1C#N. The number of hydrogen-bond donors (Lipinski definition) is 3. The van der Waals surface area contributed by atoms with Crippen molar-refractivity contribution in [1.82, 2.24) is 9.97 Å². The molecular weight excluding hydrogens is 302 g/mol. The van der Waals surface area contributed by atoms with Crippen molar-refractivity contribution in [2.45, 2.75) is 12.8 Å². The molecule has 0 spiro atoms. The number of nitrogens with one attached hydrogen (secondary N) is 2. The summed E-state index contributed by atoms with van der Waals surface area (Å²) in [5.74, 6) is -0.205. The number of aromatic amines is 1. The second-order valence-electron chi connectivity index (χ2n) is 5.60. The molecular formula is C18H17N5O. The lowest BCUT2D eigenvalue weighted by Crippen LogP contribution is -2.14. The summed E-state index contributed by atoms with van der Waals surface area (Å²) < 4.78 is 0. The fourth-order valence-electron chi connectivity index (χ4n) is 2.62. The number of hydrogen-bond acceptors (Lipinski definition) is 4. The van der Waals surface area contributed by atoms with Crippen LogP contribution in [0.3, 0.4) is 0 Å². The zero-order valence-corrected chi connectivity index (χ0v) is 13.2. The number of nitrogens with two attached hydrogens (primary N) is 1. The highest BCUT2D eigenvalue weighted by molar-refractivity contribution is 6.08. The van der Waals surface area contributed by atoms with Crippen molar-refractivity contribution in [2.24, 2.45) is 5.73 Å². The van der Waals surface area contributed by atoms with Crippen molar-refractivity contribution in [2.75, 3.05) is 11.9 Å². The van der Waals surface area contributed by atoms with Gasteiger partial charge >= 0.3 is 0 Å². The molecule has 3 aromatic rings. The Bertz CT molecular complexity index is 938. The number of rotatable bonds is 4. The van der Waals surface area contributed by atoms with E-state index in [1.54, 1.807) is 36.7 Å². The summed E-state index contributed by atoms with van der Waals surface area (Å²) in [5.41, 5.74) is 8.81. The molecule has 0 aliphatic carbocycles. The Morgan fingerprint density at radius 1 is 1.42 bits per heavy atom. The summed E-state index contributed by atoms with van der Waals surface area (Å²) in [6.07, 6.45) is 3.39. The highest BCUT2D eigenvalue weighted by Crippen LogP contribution is 2.23. The first-order valence-corrected chi connectivity index (χ1v) is 7.61. The number of anilines is 1. The summed E-state index contributed by atoms with van der Waals surface area (Å²) >= 11 is 0. The summed E-state index contributed by atoms with van der Waals surface area (Å²) in [5, 5.41) is 13.0. The van der Waals surface area contributed by atoms with Gasteiger partial charge in [-0.1, -0.05) is 13.0 Å². The Morgan fingerprint density at radius 2 is 2.25 bits per heavy atom. The molecule has 120 valence electrons. The van der Waals surface area contributed by atoms with Gasteiger partial charge in [-0.3, -0.25) is 4.79 Å². The molecule has 0 bridgehead atoms. The average Bonchev–Trinajstić information content (AvgIpc) is 3.10. The van der Waals surface area contributed by atoms with Crippen molar-refractivity contribution in [3.8, 4) is 6.07 Å². The summed E-state index contributed by atoms with van der Waals surface area (Å²) in [6, 6.07) is 10.9. The van der Waals surface area contributed by atoms with E-state index in [-0.39, 0.29) is 11.8 Å². The van der Waals surface area contributed by atoms with E-state index in [2.05, 4.69) is 21.4 Å². The lowest BCUT2D eigenvalue weighted by molar-refractivity contribution is 0.102. The van der Waals surface area contributed by atoms with E-state index in [0.29, 0.717) is 29.0 Å². The predicted molar refractivity (Wildman–Crippen MR) is 92.7 cm³/mol. The molecule has 0 aliphatic heterocycles. The van der Waals surface area contributed by atoms with E-state index >= 15 is 0 Å². The van der Waals surface area contributed by atoms with Crippen LogP contribution in [-0.4, -0.2) is 22.4 Å². The van der Waals surface area contributed by atoms with Crippen LogP contribution in [0.4, 0.5) is 5.69 Å². The van der Waals surface area contributed by atoms with Gasteiger partial charge in [0.25, 0.3) is 5.91 Å². The third-order valence-corrected chi connectivity index (χ3v) is 4.03. The number of pyridine rings is 1. The maximum Gasteiger partial charge on any atom is 0.255 e.